The number of rotatable bonds is 3. The molecule has 2 fully saturated rings. The van der Waals surface area contributed by atoms with Gasteiger partial charge in [-0.25, -0.2) is 0 Å². The molecule has 0 spiro atoms. The second-order valence-electron chi connectivity index (χ2n) is 5.40. The van der Waals surface area contributed by atoms with Gasteiger partial charge in [-0.1, -0.05) is 19.8 Å². The molecule has 1 aliphatic carbocycles. The van der Waals surface area contributed by atoms with Crippen molar-refractivity contribution in [2.24, 2.45) is 5.41 Å². The van der Waals surface area contributed by atoms with Crippen LogP contribution in [0.2, 0.25) is 0 Å². The molecule has 1 saturated carbocycles. The third-order valence-corrected chi connectivity index (χ3v) is 4.59. The van der Waals surface area contributed by atoms with Crippen LogP contribution in [0.5, 0.6) is 0 Å². The average Bonchev–Trinajstić information content (AvgIpc) is 2.98. The van der Waals surface area contributed by atoms with Gasteiger partial charge < -0.3 is 10.2 Å². The average molecular weight is 261 g/mol. The first kappa shape index (κ1) is 14.8. The van der Waals surface area contributed by atoms with E-state index in [1.165, 1.54) is 12.8 Å². The Balaban J connectivity index is 0.00000144. The fourth-order valence-electron chi connectivity index (χ4n) is 3.28. The monoisotopic (exact) mass is 260 g/mol. The summed E-state index contributed by atoms with van der Waals surface area (Å²) in [7, 11) is 2.00. The number of halogens is 1. The largest absolute Gasteiger partial charge is 0.341 e. The van der Waals surface area contributed by atoms with E-state index in [0.717, 1.165) is 38.8 Å². The third-order valence-electron chi connectivity index (χ3n) is 4.59. The van der Waals surface area contributed by atoms with Gasteiger partial charge in [0.25, 0.3) is 0 Å². The summed E-state index contributed by atoms with van der Waals surface area (Å²) in [6.45, 7) is 4.20. The smallest absolute Gasteiger partial charge is 0.228 e. The number of hydrogen-bond acceptors (Lipinski definition) is 2. The second kappa shape index (κ2) is 6.05. The number of carbonyl (C=O) groups excluding carboxylic acids is 1. The Morgan fingerprint density at radius 1 is 1.41 bits per heavy atom. The zero-order chi connectivity index (χ0) is 11.6. The van der Waals surface area contributed by atoms with E-state index in [4.69, 9.17) is 0 Å². The highest BCUT2D eigenvalue weighted by Crippen LogP contribution is 2.42. The Morgan fingerprint density at radius 2 is 2.06 bits per heavy atom. The molecule has 0 radical (unpaired) electrons. The fourth-order valence-corrected chi connectivity index (χ4v) is 3.28. The normalized spacial score (nSPS) is 26.6. The molecule has 0 aromatic carbocycles. The van der Waals surface area contributed by atoms with Crippen molar-refractivity contribution in [3.8, 4) is 0 Å². The molecule has 1 atom stereocenters. The first-order valence-electron chi connectivity index (χ1n) is 6.67. The van der Waals surface area contributed by atoms with E-state index in [2.05, 4.69) is 12.2 Å². The van der Waals surface area contributed by atoms with Gasteiger partial charge in [0.15, 0.2) is 0 Å². The van der Waals surface area contributed by atoms with Gasteiger partial charge in [0.1, 0.15) is 0 Å². The van der Waals surface area contributed by atoms with Crippen LogP contribution in [0.25, 0.3) is 0 Å². The van der Waals surface area contributed by atoms with E-state index in [-0.39, 0.29) is 17.8 Å². The predicted molar refractivity (Wildman–Crippen MR) is 72.5 cm³/mol. The number of amides is 1. The van der Waals surface area contributed by atoms with E-state index in [0.29, 0.717) is 11.9 Å². The first-order chi connectivity index (χ1) is 7.69. The highest BCUT2D eigenvalue weighted by Gasteiger charge is 2.42. The number of carbonyl (C=O) groups is 1. The lowest BCUT2D eigenvalue weighted by atomic mass is 9.81. The van der Waals surface area contributed by atoms with Gasteiger partial charge in [0, 0.05) is 25.0 Å². The molecule has 2 rings (SSSR count). The minimum Gasteiger partial charge on any atom is -0.341 e. The van der Waals surface area contributed by atoms with Crippen molar-refractivity contribution in [1.29, 1.82) is 0 Å². The van der Waals surface area contributed by atoms with Crippen molar-refractivity contribution in [2.45, 2.75) is 51.5 Å². The summed E-state index contributed by atoms with van der Waals surface area (Å²) in [5.41, 5.74) is -0.0165. The molecule has 0 aromatic heterocycles. The van der Waals surface area contributed by atoms with Crippen molar-refractivity contribution in [2.75, 3.05) is 20.1 Å². The van der Waals surface area contributed by atoms with E-state index in [9.17, 15) is 4.79 Å². The topological polar surface area (TPSA) is 32.3 Å². The Kier molecular flexibility index (Phi) is 5.26. The summed E-state index contributed by atoms with van der Waals surface area (Å²) in [5, 5.41) is 3.34. The Labute approximate surface area is 111 Å². The minimum atomic E-state index is -0.0165. The lowest BCUT2D eigenvalue weighted by Crippen LogP contribution is -2.46. The maximum Gasteiger partial charge on any atom is 0.228 e. The predicted octanol–water partition coefficient (Wildman–Crippen LogP) is 2.20. The standard InChI is InChI=1S/C13H24N2O.ClH/c1-3-13(7-4-5-8-13)12(16)15(2)11-6-9-14-10-11;/h11,14H,3-10H2,1-2H3;1H. The summed E-state index contributed by atoms with van der Waals surface area (Å²) in [6.07, 6.45) is 6.80. The summed E-state index contributed by atoms with van der Waals surface area (Å²) in [5.74, 6) is 0.404. The van der Waals surface area contributed by atoms with Crippen molar-refractivity contribution in [3.05, 3.63) is 0 Å². The molecular weight excluding hydrogens is 236 g/mol. The summed E-state index contributed by atoms with van der Waals surface area (Å²) >= 11 is 0. The molecule has 1 saturated heterocycles. The first-order valence-corrected chi connectivity index (χ1v) is 6.67. The van der Waals surface area contributed by atoms with Crippen molar-refractivity contribution in [1.82, 2.24) is 10.2 Å². The summed E-state index contributed by atoms with van der Waals surface area (Å²) < 4.78 is 0. The zero-order valence-corrected chi connectivity index (χ0v) is 11.8. The van der Waals surface area contributed by atoms with Gasteiger partial charge in [-0.15, -0.1) is 12.4 Å². The van der Waals surface area contributed by atoms with E-state index >= 15 is 0 Å². The number of likely N-dealkylation sites (N-methyl/N-ethyl adjacent to an activating group) is 1. The molecule has 1 aliphatic heterocycles. The van der Waals surface area contributed by atoms with Crippen LogP contribution in [0, 0.1) is 5.41 Å². The summed E-state index contributed by atoms with van der Waals surface area (Å²) in [4.78, 5) is 14.6. The molecular formula is C13H25ClN2O. The molecule has 0 aromatic rings. The van der Waals surface area contributed by atoms with Gasteiger partial charge >= 0.3 is 0 Å². The number of hydrogen-bond donors (Lipinski definition) is 1. The molecule has 4 heteroatoms. The van der Waals surface area contributed by atoms with Gasteiger partial charge in [-0.2, -0.15) is 0 Å². The number of nitrogens with zero attached hydrogens (tertiary/aromatic N) is 1. The van der Waals surface area contributed by atoms with Crippen LogP contribution in [0.1, 0.15) is 45.4 Å². The molecule has 100 valence electrons. The Bertz CT molecular complexity index is 258. The van der Waals surface area contributed by atoms with Crippen LogP contribution in [0.3, 0.4) is 0 Å². The van der Waals surface area contributed by atoms with Gasteiger partial charge in [0.05, 0.1) is 0 Å². The van der Waals surface area contributed by atoms with Crippen LogP contribution < -0.4 is 5.32 Å². The van der Waals surface area contributed by atoms with Crippen molar-refractivity contribution in [3.63, 3.8) is 0 Å². The molecule has 1 unspecified atom stereocenters. The second-order valence-corrected chi connectivity index (χ2v) is 5.40. The highest BCUT2D eigenvalue weighted by atomic mass is 35.5. The number of nitrogens with one attached hydrogen (secondary N) is 1. The molecule has 17 heavy (non-hydrogen) atoms. The van der Waals surface area contributed by atoms with Crippen LogP contribution in [0.15, 0.2) is 0 Å². The van der Waals surface area contributed by atoms with Crippen LogP contribution in [-0.4, -0.2) is 37.0 Å². The van der Waals surface area contributed by atoms with Gasteiger partial charge in [0.2, 0.25) is 5.91 Å². The van der Waals surface area contributed by atoms with Crippen LogP contribution in [-0.2, 0) is 4.79 Å². The molecule has 0 bridgehead atoms. The van der Waals surface area contributed by atoms with Crippen LogP contribution in [0.4, 0.5) is 0 Å². The van der Waals surface area contributed by atoms with Gasteiger partial charge in [-0.05, 0) is 32.2 Å². The van der Waals surface area contributed by atoms with E-state index < -0.39 is 0 Å². The Morgan fingerprint density at radius 3 is 2.53 bits per heavy atom. The fraction of sp³-hybridized carbons (Fsp3) is 0.923. The third kappa shape index (κ3) is 2.76. The van der Waals surface area contributed by atoms with Gasteiger partial charge in [-0.3, -0.25) is 4.79 Å². The van der Waals surface area contributed by atoms with Crippen LogP contribution >= 0.6 is 12.4 Å². The molecule has 1 amide bonds. The summed E-state index contributed by atoms with van der Waals surface area (Å²) in [6, 6.07) is 0.427. The molecule has 1 heterocycles. The molecule has 3 nitrogen and oxygen atoms in total. The van der Waals surface area contributed by atoms with E-state index in [1.54, 1.807) is 0 Å². The maximum absolute atomic E-state index is 12.6. The maximum atomic E-state index is 12.6. The Hall–Kier alpha value is -0.280. The molecule has 2 aliphatic rings. The molecule has 1 N–H and O–H groups in total. The quantitative estimate of drug-likeness (QED) is 0.844. The highest BCUT2D eigenvalue weighted by molar-refractivity contribution is 5.85. The lowest BCUT2D eigenvalue weighted by molar-refractivity contribution is -0.142. The van der Waals surface area contributed by atoms with E-state index in [1.807, 2.05) is 11.9 Å². The minimum absolute atomic E-state index is 0. The lowest BCUT2D eigenvalue weighted by Gasteiger charge is -2.34. The zero-order valence-electron chi connectivity index (χ0n) is 11.0. The van der Waals surface area contributed by atoms with Crippen molar-refractivity contribution >= 4 is 18.3 Å². The SMILES string of the molecule is CCC1(C(=O)N(C)C2CCNC2)CCCC1.Cl. The van der Waals surface area contributed by atoms with Crippen molar-refractivity contribution < 1.29 is 4.79 Å².